The van der Waals surface area contributed by atoms with Crippen LogP contribution in [0.3, 0.4) is 0 Å². The summed E-state index contributed by atoms with van der Waals surface area (Å²) in [6.07, 6.45) is 2.60. The maximum absolute atomic E-state index is 12.3. The van der Waals surface area contributed by atoms with Crippen molar-refractivity contribution in [1.82, 2.24) is 15.0 Å². The largest absolute Gasteiger partial charge is 0.364 e. The van der Waals surface area contributed by atoms with Crippen LogP contribution in [0.2, 0.25) is 0 Å². The molecule has 0 atom stereocenters. The fourth-order valence-corrected chi connectivity index (χ4v) is 4.32. The molecule has 0 spiro atoms. The molecule has 0 bridgehead atoms. The van der Waals surface area contributed by atoms with Crippen LogP contribution in [0.15, 0.2) is 53.4 Å². The standard InChI is InChI=1S/C20H17N5O2S2/c21-19(27)15-7-13(9-22-15)16-11-29-20(24-16)25-17(26)8-14-10-28-18(23-14)6-12-4-2-1-3-5-12/h1-5,7,9-11,22H,6,8H2,(H2,21,27)(H,24,25,26). The van der Waals surface area contributed by atoms with Crippen LogP contribution in [0.4, 0.5) is 5.13 Å². The Labute approximate surface area is 174 Å². The molecule has 0 saturated carbocycles. The number of thiazole rings is 2. The molecule has 0 saturated heterocycles. The highest BCUT2D eigenvalue weighted by Crippen LogP contribution is 2.25. The first-order valence-electron chi connectivity index (χ1n) is 8.78. The van der Waals surface area contributed by atoms with Crippen molar-refractivity contribution in [3.63, 3.8) is 0 Å². The van der Waals surface area contributed by atoms with Crippen LogP contribution >= 0.6 is 22.7 Å². The molecule has 2 amide bonds. The maximum atomic E-state index is 12.3. The number of nitrogens with two attached hydrogens (primary N) is 1. The fourth-order valence-electron chi connectivity index (χ4n) is 2.76. The van der Waals surface area contributed by atoms with E-state index in [1.165, 1.54) is 16.9 Å². The van der Waals surface area contributed by atoms with Crippen LogP contribution in [0.25, 0.3) is 11.3 Å². The molecule has 0 aliphatic heterocycles. The van der Waals surface area contributed by atoms with Crippen molar-refractivity contribution in [2.45, 2.75) is 12.8 Å². The topological polar surface area (TPSA) is 114 Å². The van der Waals surface area contributed by atoms with Crippen molar-refractivity contribution < 1.29 is 9.59 Å². The normalized spacial score (nSPS) is 10.8. The third-order valence-corrected chi connectivity index (χ3v) is 5.79. The molecule has 1 aromatic carbocycles. The minimum Gasteiger partial charge on any atom is -0.364 e. The Morgan fingerprint density at radius 2 is 1.93 bits per heavy atom. The number of amides is 2. The number of aromatic nitrogens is 3. The summed E-state index contributed by atoms with van der Waals surface area (Å²) in [5.74, 6) is -0.704. The van der Waals surface area contributed by atoms with Gasteiger partial charge < -0.3 is 16.0 Å². The SMILES string of the molecule is NC(=O)c1cc(-c2csc(NC(=O)Cc3csc(Cc4ccccc4)n3)n2)c[nH]1. The second kappa shape index (κ2) is 8.38. The first-order valence-corrected chi connectivity index (χ1v) is 10.5. The number of hydrogen-bond donors (Lipinski definition) is 3. The summed E-state index contributed by atoms with van der Waals surface area (Å²) in [7, 11) is 0. The number of benzene rings is 1. The number of primary amides is 1. The summed E-state index contributed by atoms with van der Waals surface area (Å²) in [4.78, 5) is 35.3. The lowest BCUT2D eigenvalue weighted by Crippen LogP contribution is -2.14. The van der Waals surface area contributed by atoms with Gasteiger partial charge in [-0.05, 0) is 11.6 Å². The molecule has 4 rings (SSSR count). The molecule has 4 aromatic rings. The molecular weight excluding hydrogens is 406 g/mol. The van der Waals surface area contributed by atoms with Gasteiger partial charge in [0.15, 0.2) is 5.13 Å². The van der Waals surface area contributed by atoms with E-state index in [4.69, 9.17) is 5.73 Å². The van der Waals surface area contributed by atoms with Crippen molar-refractivity contribution in [1.29, 1.82) is 0 Å². The van der Waals surface area contributed by atoms with Crippen molar-refractivity contribution in [2.24, 2.45) is 5.73 Å². The van der Waals surface area contributed by atoms with Crippen LogP contribution in [0, 0.1) is 0 Å². The lowest BCUT2D eigenvalue weighted by molar-refractivity contribution is -0.115. The van der Waals surface area contributed by atoms with E-state index in [1.54, 1.807) is 23.6 Å². The number of rotatable bonds is 7. The maximum Gasteiger partial charge on any atom is 0.265 e. The number of nitrogens with one attached hydrogen (secondary N) is 2. The first kappa shape index (κ1) is 19.0. The highest BCUT2D eigenvalue weighted by molar-refractivity contribution is 7.14. The van der Waals surface area contributed by atoms with Gasteiger partial charge in [0, 0.05) is 28.9 Å². The summed E-state index contributed by atoms with van der Waals surface area (Å²) < 4.78 is 0. The highest BCUT2D eigenvalue weighted by atomic mass is 32.1. The molecule has 0 unspecified atom stereocenters. The molecule has 0 fully saturated rings. The molecule has 4 N–H and O–H groups in total. The smallest absolute Gasteiger partial charge is 0.265 e. The van der Waals surface area contributed by atoms with Gasteiger partial charge >= 0.3 is 0 Å². The Morgan fingerprint density at radius 1 is 1.10 bits per heavy atom. The predicted octanol–water partition coefficient (Wildman–Crippen LogP) is 3.47. The third-order valence-electron chi connectivity index (χ3n) is 4.13. The molecule has 0 aliphatic carbocycles. The summed E-state index contributed by atoms with van der Waals surface area (Å²) in [5.41, 5.74) is 8.89. The molecular formula is C20H17N5O2S2. The molecule has 0 aliphatic rings. The van der Waals surface area contributed by atoms with Crippen LogP contribution < -0.4 is 11.1 Å². The molecule has 3 aromatic heterocycles. The molecule has 146 valence electrons. The molecule has 0 radical (unpaired) electrons. The van der Waals surface area contributed by atoms with Crippen molar-refractivity contribution in [2.75, 3.05) is 5.32 Å². The molecule has 9 heteroatoms. The summed E-state index contributed by atoms with van der Waals surface area (Å²) in [6.45, 7) is 0. The van der Waals surface area contributed by atoms with Crippen molar-refractivity contribution in [3.05, 3.63) is 75.3 Å². The number of aromatic amines is 1. The van der Waals surface area contributed by atoms with Gasteiger partial charge in [-0.1, -0.05) is 30.3 Å². The predicted molar refractivity (Wildman–Crippen MR) is 114 cm³/mol. The zero-order valence-corrected chi connectivity index (χ0v) is 16.8. The second-order valence-electron chi connectivity index (χ2n) is 6.32. The lowest BCUT2D eigenvalue weighted by atomic mass is 10.2. The summed E-state index contributed by atoms with van der Waals surface area (Å²) in [6, 6.07) is 11.7. The first-order chi connectivity index (χ1) is 14.1. The van der Waals surface area contributed by atoms with Gasteiger partial charge in [-0.15, -0.1) is 22.7 Å². The minimum absolute atomic E-state index is 0.172. The summed E-state index contributed by atoms with van der Waals surface area (Å²) in [5, 5.41) is 8.00. The number of hydrogen-bond acceptors (Lipinski definition) is 6. The van der Waals surface area contributed by atoms with E-state index in [2.05, 4.69) is 32.4 Å². The number of carbonyl (C=O) groups excluding carboxylic acids is 2. The van der Waals surface area contributed by atoms with Crippen molar-refractivity contribution >= 4 is 39.6 Å². The van der Waals surface area contributed by atoms with Gasteiger partial charge in [0.25, 0.3) is 5.91 Å². The second-order valence-corrected chi connectivity index (χ2v) is 8.12. The van der Waals surface area contributed by atoms with E-state index < -0.39 is 5.91 Å². The monoisotopic (exact) mass is 423 g/mol. The van der Waals surface area contributed by atoms with E-state index in [0.717, 1.165) is 22.7 Å². The van der Waals surface area contributed by atoms with E-state index >= 15 is 0 Å². The van der Waals surface area contributed by atoms with Crippen LogP contribution in [-0.4, -0.2) is 26.8 Å². The number of carbonyl (C=O) groups is 2. The highest BCUT2D eigenvalue weighted by Gasteiger charge is 2.13. The average molecular weight is 424 g/mol. The van der Waals surface area contributed by atoms with Crippen LogP contribution in [0.1, 0.15) is 26.8 Å². The number of H-pyrrole nitrogens is 1. The summed E-state index contributed by atoms with van der Waals surface area (Å²) >= 11 is 2.87. The van der Waals surface area contributed by atoms with E-state index in [9.17, 15) is 9.59 Å². The van der Waals surface area contributed by atoms with Gasteiger partial charge in [0.1, 0.15) is 5.69 Å². The Balaban J connectivity index is 1.35. The van der Waals surface area contributed by atoms with Gasteiger partial charge in [-0.2, -0.15) is 0 Å². The van der Waals surface area contributed by atoms with Gasteiger partial charge in [0.2, 0.25) is 5.91 Å². The zero-order chi connectivity index (χ0) is 20.2. The zero-order valence-electron chi connectivity index (χ0n) is 15.2. The van der Waals surface area contributed by atoms with E-state index in [-0.39, 0.29) is 12.3 Å². The van der Waals surface area contributed by atoms with E-state index in [0.29, 0.717) is 16.5 Å². The van der Waals surface area contributed by atoms with Gasteiger partial charge in [0.05, 0.1) is 22.8 Å². The van der Waals surface area contributed by atoms with Gasteiger partial charge in [-0.25, -0.2) is 9.97 Å². The lowest BCUT2D eigenvalue weighted by Gasteiger charge is -1.99. The number of anilines is 1. The number of nitrogens with zero attached hydrogens (tertiary/aromatic N) is 2. The average Bonchev–Trinajstić information content (AvgIpc) is 3.43. The fraction of sp³-hybridized carbons (Fsp3) is 0.100. The third kappa shape index (κ3) is 4.76. The minimum atomic E-state index is -0.532. The molecule has 7 nitrogen and oxygen atoms in total. The Kier molecular flexibility index (Phi) is 5.50. The molecule has 3 heterocycles. The Bertz CT molecular complexity index is 1150. The van der Waals surface area contributed by atoms with Crippen LogP contribution in [0.5, 0.6) is 0 Å². The van der Waals surface area contributed by atoms with Crippen LogP contribution in [-0.2, 0) is 17.6 Å². The molecule has 29 heavy (non-hydrogen) atoms. The Hall–Kier alpha value is -3.30. The van der Waals surface area contributed by atoms with E-state index in [1.807, 2.05) is 29.0 Å². The Morgan fingerprint density at radius 3 is 2.69 bits per heavy atom. The van der Waals surface area contributed by atoms with Gasteiger partial charge in [-0.3, -0.25) is 9.59 Å². The van der Waals surface area contributed by atoms with Crippen molar-refractivity contribution in [3.8, 4) is 11.3 Å². The quantitative estimate of drug-likeness (QED) is 0.422.